The van der Waals surface area contributed by atoms with Gasteiger partial charge in [-0.2, -0.15) is 0 Å². The topological polar surface area (TPSA) is 43.8 Å². The van der Waals surface area contributed by atoms with Crippen LogP contribution in [0.4, 0.5) is 0 Å². The van der Waals surface area contributed by atoms with Crippen molar-refractivity contribution in [2.75, 3.05) is 20.8 Å². The monoisotopic (exact) mass is 382 g/mol. The fourth-order valence-corrected chi connectivity index (χ4v) is 4.83. The predicted octanol–water partition coefficient (Wildman–Crippen LogP) is 3.99. The molecule has 0 bridgehead atoms. The van der Waals surface area contributed by atoms with Crippen LogP contribution in [-0.2, 0) is 11.3 Å². The van der Waals surface area contributed by atoms with E-state index in [0.717, 1.165) is 44.5 Å². The molecule has 150 valence electrons. The second-order valence-electron chi connectivity index (χ2n) is 7.98. The number of methoxy groups -OCH3 is 2. The third kappa shape index (κ3) is 3.74. The van der Waals surface area contributed by atoms with Gasteiger partial charge in [-0.25, -0.2) is 4.98 Å². The van der Waals surface area contributed by atoms with Gasteiger partial charge < -0.3 is 14.2 Å². The summed E-state index contributed by atoms with van der Waals surface area (Å²) in [6.07, 6.45) is 6.06. The summed E-state index contributed by atoms with van der Waals surface area (Å²) in [6, 6.07) is 12.5. The molecular formula is C23H30N2O3. The minimum absolute atomic E-state index is 0.0512. The molecule has 1 aromatic carbocycles. The predicted molar refractivity (Wildman–Crippen MR) is 109 cm³/mol. The Morgan fingerprint density at radius 2 is 2.07 bits per heavy atom. The molecule has 4 rings (SSSR count). The molecule has 2 aliphatic rings. The van der Waals surface area contributed by atoms with E-state index in [1.54, 1.807) is 13.3 Å². The molecule has 5 heteroatoms. The van der Waals surface area contributed by atoms with Crippen LogP contribution >= 0.6 is 0 Å². The van der Waals surface area contributed by atoms with Crippen molar-refractivity contribution >= 4 is 0 Å². The van der Waals surface area contributed by atoms with Crippen molar-refractivity contribution in [1.82, 2.24) is 9.88 Å². The van der Waals surface area contributed by atoms with Gasteiger partial charge in [0.15, 0.2) is 0 Å². The Bertz CT molecular complexity index is 798. The highest BCUT2D eigenvalue weighted by Gasteiger charge is 2.51. The molecule has 0 spiro atoms. The lowest BCUT2D eigenvalue weighted by Gasteiger charge is -2.43. The Balaban J connectivity index is 1.49. The van der Waals surface area contributed by atoms with Crippen molar-refractivity contribution in [3.8, 4) is 11.6 Å². The Morgan fingerprint density at radius 1 is 1.18 bits per heavy atom. The maximum atomic E-state index is 6.20. The molecule has 1 aromatic heterocycles. The van der Waals surface area contributed by atoms with E-state index < -0.39 is 0 Å². The summed E-state index contributed by atoms with van der Waals surface area (Å²) >= 11 is 0. The lowest BCUT2D eigenvalue weighted by atomic mass is 9.79. The summed E-state index contributed by atoms with van der Waals surface area (Å²) < 4.78 is 17.7. The van der Waals surface area contributed by atoms with Gasteiger partial charge in [-0.05, 0) is 55.5 Å². The van der Waals surface area contributed by atoms with Crippen LogP contribution < -0.4 is 9.47 Å². The van der Waals surface area contributed by atoms with Gasteiger partial charge in [0.25, 0.3) is 0 Å². The van der Waals surface area contributed by atoms with Gasteiger partial charge in [0, 0.05) is 44.9 Å². The van der Waals surface area contributed by atoms with Crippen molar-refractivity contribution < 1.29 is 14.2 Å². The number of pyridine rings is 1. The zero-order valence-corrected chi connectivity index (χ0v) is 17.1. The van der Waals surface area contributed by atoms with Crippen LogP contribution in [0, 0.1) is 6.92 Å². The van der Waals surface area contributed by atoms with E-state index in [1.165, 1.54) is 11.1 Å². The molecule has 5 nitrogen and oxygen atoms in total. The number of likely N-dealkylation sites (tertiary alicyclic amines) is 1. The van der Waals surface area contributed by atoms with Crippen LogP contribution in [0.3, 0.4) is 0 Å². The summed E-state index contributed by atoms with van der Waals surface area (Å²) in [4.78, 5) is 6.91. The van der Waals surface area contributed by atoms with E-state index in [-0.39, 0.29) is 11.7 Å². The third-order valence-electron chi connectivity index (χ3n) is 6.50. The summed E-state index contributed by atoms with van der Waals surface area (Å²) in [5.41, 5.74) is 2.57. The number of benzene rings is 1. The molecule has 1 aliphatic carbocycles. The highest BCUT2D eigenvalue weighted by atomic mass is 16.5. The molecule has 0 radical (unpaired) electrons. The van der Waals surface area contributed by atoms with E-state index in [0.29, 0.717) is 11.9 Å². The molecule has 0 N–H and O–H groups in total. The Morgan fingerprint density at radius 3 is 2.79 bits per heavy atom. The Hall–Kier alpha value is -2.11. The summed E-state index contributed by atoms with van der Waals surface area (Å²) in [5, 5.41) is 0. The van der Waals surface area contributed by atoms with E-state index in [9.17, 15) is 0 Å². The van der Waals surface area contributed by atoms with Crippen LogP contribution in [0.15, 0.2) is 42.6 Å². The van der Waals surface area contributed by atoms with Crippen LogP contribution in [0.2, 0.25) is 0 Å². The smallest absolute Gasteiger partial charge is 0.213 e. The van der Waals surface area contributed by atoms with Crippen LogP contribution in [0.1, 0.15) is 36.8 Å². The van der Waals surface area contributed by atoms with Gasteiger partial charge in [0.1, 0.15) is 11.9 Å². The molecular weight excluding hydrogens is 352 g/mol. The Kier molecular flexibility index (Phi) is 5.56. The number of ether oxygens (including phenoxy) is 3. The van der Waals surface area contributed by atoms with E-state index in [4.69, 9.17) is 14.2 Å². The number of fused-ring (bicyclic) bond motifs is 1. The van der Waals surface area contributed by atoms with E-state index in [1.807, 2.05) is 25.3 Å². The molecule has 2 aromatic rings. The number of hydrogen-bond acceptors (Lipinski definition) is 5. The quantitative estimate of drug-likeness (QED) is 0.756. The number of hydrogen-bond donors (Lipinski definition) is 0. The van der Waals surface area contributed by atoms with Gasteiger partial charge in [0.2, 0.25) is 5.88 Å². The first-order valence-corrected chi connectivity index (χ1v) is 10.1. The fraction of sp³-hybridized carbons (Fsp3) is 0.522. The molecule has 0 unspecified atom stereocenters. The first-order chi connectivity index (χ1) is 13.6. The van der Waals surface area contributed by atoms with Gasteiger partial charge in [-0.1, -0.05) is 12.1 Å². The van der Waals surface area contributed by atoms with E-state index >= 15 is 0 Å². The number of nitrogens with zero attached hydrogens (tertiary/aromatic N) is 2. The standard InChI is InChI=1S/C23H30N2O3/c1-17-14-19(26-2)8-7-18(17)16-25-13-11-23(27-3)10-9-20(15-21(23)25)28-22-6-4-5-12-24-22/h4-8,12,14,20-21H,9-11,13,15-16H2,1-3H3/t20-,21-,23+/m0/s1. The van der Waals surface area contributed by atoms with Crippen molar-refractivity contribution in [3.05, 3.63) is 53.7 Å². The number of aryl methyl sites for hydroxylation is 1. The SMILES string of the molecule is COc1ccc(CN2CC[C@]3(OC)CC[C@H](Oc4ccccn4)C[C@H]23)c(C)c1. The van der Waals surface area contributed by atoms with Crippen molar-refractivity contribution in [1.29, 1.82) is 0 Å². The zero-order chi connectivity index (χ0) is 19.6. The largest absolute Gasteiger partial charge is 0.497 e. The minimum Gasteiger partial charge on any atom is -0.497 e. The first kappa shape index (κ1) is 19.2. The molecule has 1 saturated carbocycles. The van der Waals surface area contributed by atoms with Crippen LogP contribution in [-0.4, -0.2) is 48.4 Å². The third-order valence-corrected chi connectivity index (χ3v) is 6.50. The van der Waals surface area contributed by atoms with Crippen molar-refractivity contribution in [2.24, 2.45) is 0 Å². The van der Waals surface area contributed by atoms with Crippen molar-refractivity contribution in [3.63, 3.8) is 0 Å². The molecule has 3 atom stereocenters. The normalized spacial score (nSPS) is 27.4. The highest BCUT2D eigenvalue weighted by molar-refractivity contribution is 5.35. The highest BCUT2D eigenvalue weighted by Crippen LogP contribution is 2.44. The maximum Gasteiger partial charge on any atom is 0.213 e. The lowest BCUT2D eigenvalue weighted by molar-refractivity contribution is -0.0843. The van der Waals surface area contributed by atoms with Gasteiger partial charge in [-0.3, -0.25) is 4.90 Å². The molecule has 28 heavy (non-hydrogen) atoms. The van der Waals surface area contributed by atoms with Crippen LogP contribution in [0.25, 0.3) is 0 Å². The number of rotatable bonds is 6. The lowest BCUT2D eigenvalue weighted by Crippen LogP contribution is -2.52. The second kappa shape index (κ2) is 8.10. The molecule has 2 heterocycles. The van der Waals surface area contributed by atoms with Crippen molar-refractivity contribution in [2.45, 2.75) is 56.9 Å². The summed E-state index contributed by atoms with van der Waals surface area (Å²) in [5.74, 6) is 1.63. The molecule has 1 saturated heterocycles. The van der Waals surface area contributed by atoms with Gasteiger partial charge >= 0.3 is 0 Å². The summed E-state index contributed by atoms with van der Waals surface area (Å²) in [7, 11) is 3.58. The van der Waals surface area contributed by atoms with Gasteiger partial charge in [-0.15, -0.1) is 0 Å². The van der Waals surface area contributed by atoms with E-state index in [2.05, 4.69) is 35.0 Å². The second-order valence-corrected chi connectivity index (χ2v) is 7.98. The average molecular weight is 383 g/mol. The molecule has 2 fully saturated rings. The Labute approximate surface area is 167 Å². The van der Waals surface area contributed by atoms with Gasteiger partial charge in [0.05, 0.1) is 12.7 Å². The average Bonchev–Trinajstić information content (AvgIpc) is 3.08. The minimum atomic E-state index is -0.0512. The number of aromatic nitrogens is 1. The first-order valence-electron chi connectivity index (χ1n) is 10.1. The zero-order valence-electron chi connectivity index (χ0n) is 17.1. The fourth-order valence-electron chi connectivity index (χ4n) is 4.83. The van der Waals surface area contributed by atoms with Crippen LogP contribution in [0.5, 0.6) is 11.6 Å². The summed E-state index contributed by atoms with van der Waals surface area (Å²) in [6.45, 7) is 4.15. The molecule has 0 amide bonds. The molecule has 1 aliphatic heterocycles. The maximum absolute atomic E-state index is 6.20.